The Bertz CT molecular complexity index is 1180. The highest BCUT2D eigenvalue weighted by Gasteiger charge is 2.12. The number of anilines is 3. The van der Waals surface area contributed by atoms with Crippen LogP contribution in [-0.4, -0.2) is 49.4 Å². The smallest absolute Gasteiger partial charge is 0.331 e. The maximum Gasteiger partial charge on any atom is 0.331 e. The second-order valence-corrected chi connectivity index (χ2v) is 6.65. The van der Waals surface area contributed by atoms with Gasteiger partial charge in [-0.15, -0.1) is 0 Å². The van der Waals surface area contributed by atoms with Crippen molar-refractivity contribution in [2.75, 3.05) is 39.5 Å². The fourth-order valence-electron chi connectivity index (χ4n) is 2.95. The van der Waals surface area contributed by atoms with Gasteiger partial charge < -0.3 is 34.7 Å². The van der Waals surface area contributed by atoms with E-state index in [1.807, 2.05) is 12.1 Å². The zero-order valence-corrected chi connectivity index (χ0v) is 19.2. The number of nitrogens with zero attached hydrogens (tertiary/aromatic N) is 3. The number of aromatic nitrogens is 3. The Morgan fingerprint density at radius 2 is 1.59 bits per heavy atom. The zero-order chi connectivity index (χ0) is 24.5. The number of hydrogen-bond donors (Lipinski definition) is 2. The Morgan fingerprint density at radius 3 is 2.29 bits per heavy atom. The summed E-state index contributed by atoms with van der Waals surface area (Å²) in [6.45, 7) is -0.209. The Balaban J connectivity index is 1.69. The average Bonchev–Trinajstić information content (AvgIpc) is 2.85. The fraction of sp³-hybridized carbons (Fsp3) is 0.217. The second-order valence-electron chi connectivity index (χ2n) is 6.65. The summed E-state index contributed by atoms with van der Waals surface area (Å²) < 4.78 is 26.4. The normalized spacial score (nSPS) is 10.6. The lowest BCUT2D eigenvalue weighted by Gasteiger charge is -2.12. The van der Waals surface area contributed by atoms with Gasteiger partial charge in [0, 0.05) is 17.7 Å². The van der Waals surface area contributed by atoms with Crippen LogP contribution < -0.4 is 30.0 Å². The van der Waals surface area contributed by atoms with Gasteiger partial charge in [-0.1, -0.05) is 12.1 Å². The highest BCUT2D eigenvalue weighted by atomic mass is 16.5. The molecule has 0 saturated carbocycles. The van der Waals surface area contributed by atoms with Gasteiger partial charge in [0.2, 0.25) is 11.9 Å². The number of para-hydroxylation sites is 2. The van der Waals surface area contributed by atoms with Gasteiger partial charge in [0.1, 0.15) is 11.5 Å². The number of carbonyl (C=O) groups is 1. The van der Waals surface area contributed by atoms with Gasteiger partial charge >= 0.3 is 5.97 Å². The summed E-state index contributed by atoms with van der Waals surface area (Å²) in [7, 11) is 6.11. The number of nitrogens with two attached hydrogens (primary N) is 1. The van der Waals surface area contributed by atoms with Crippen LogP contribution in [0.15, 0.2) is 42.5 Å². The standard InChI is InChI=1S/C23H25N5O6/c1-30-16-8-6-5-7-15(16)25-23-27-20(26-22(24)28-23)13-34-21(29)10-9-14-11-18(32-3)19(33-4)12-17(14)31-2/h5-12H,13H2,1-4H3,(H3,24,25,26,27,28)/b10-9+. The molecule has 0 radical (unpaired) electrons. The van der Waals surface area contributed by atoms with Crippen molar-refractivity contribution in [1.29, 1.82) is 0 Å². The molecule has 3 aromatic rings. The van der Waals surface area contributed by atoms with E-state index in [1.54, 1.807) is 37.5 Å². The van der Waals surface area contributed by atoms with Crippen LogP contribution in [0.2, 0.25) is 0 Å². The van der Waals surface area contributed by atoms with Crippen LogP contribution in [0.25, 0.3) is 6.08 Å². The third-order valence-electron chi connectivity index (χ3n) is 4.53. The van der Waals surface area contributed by atoms with E-state index in [0.717, 1.165) is 0 Å². The molecular formula is C23H25N5O6. The Labute approximate surface area is 196 Å². The molecule has 34 heavy (non-hydrogen) atoms. The predicted octanol–water partition coefficient (Wildman–Crippen LogP) is 2.99. The number of benzene rings is 2. The van der Waals surface area contributed by atoms with Gasteiger partial charge in [0.15, 0.2) is 23.9 Å². The molecule has 3 N–H and O–H groups in total. The Morgan fingerprint density at radius 1 is 0.912 bits per heavy atom. The summed E-state index contributed by atoms with van der Waals surface area (Å²) >= 11 is 0. The predicted molar refractivity (Wildman–Crippen MR) is 125 cm³/mol. The molecule has 0 amide bonds. The number of esters is 1. The number of carbonyl (C=O) groups excluding carboxylic acids is 1. The molecule has 0 fully saturated rings. The fourth-order valence-corrected chi connectivity index (χ4v) is 2.95. The van der Waals surface area contributed by atoms with Gasteiger partial charge in [-0.25, -0.2) is 4.79 Å². The molecule has 0 spiro atoms. The van der Waals surface area contributed by atoms with Crippen molar-refractivity contribution in [3.05, 3.63) is 53.9 Å². The van der Waals surface area contributed by atoms with Crippen LogP contribution in [0.4, 0.5) is 17.6 Å². The molecule has 2 aromatic carbocycles. The molecule has 1 aromatic heterocycles. The molecule has 0 unspecified atom stereocenters. The molecule has 0 aliphatic carbocycles. The lowest BCUT2D eigenvalue weighted by atomic mass is 10.1. The average molecular weight is 467 g/mol. The lowest BCUT2D eigenvalue weighted by molar-refractivity contribution is -0.139. The molecule has 11 heteroatoms. The largest absolute Gasteiger partial charge is 0.496 e. The molecule has 0 aliphatic rings. The lowest BCUT2D eigenvalue weighted by Crippen LogP contribution is -2.10. The maximum atomic E-state index is 12.3. The molecule has 1 heterocycles. The van der Waals surface area contributed by atoms with Crippen LogP contribution in [0.1, 0.15) is 11.4 Å². The summed E-state index contributed by atoms with van der Waals surface area (Å²) in [5, 5.41) is 3.01. The summed E-state index contributed by atoms with van der Waals surface area (Å²) in [4.78, 5) is 24.6. The van der Waals surface area contributed by atoms with E-state index in [-0.39, 0.29) is 24.3 Å². The van der Waals surface area contributed by atoms with Crippen LogP contribution >= 0.6 is 0 Å². The van der Waals surface area contributed by atoms with Crippen molar-refractivity contribution in [1.82, 2.24) is 15.0 Å². The Hall–Kier alpha value is -4.54. The molecular weight excluding hydrogens is 442 g/mol. The van der Waals surface area contributed by atoms with E-state index in [9.17, 15) is 4.79 Å². The van der Waals surface area contributed by atoms with E-state index >= 15 is 0 Å². The molecule has 178 valence electrons. The first-order valence-electron chi connectivity index (χ1n) is 10.0. The number of hydrogen-bond acceptors (Lipinski definition) is 11. The minimum atomic E-state index is -0.616. The third kappa shape index (κ3) is 6.03. The highest BCUT2D eigenvalue weighted by Crippen LogP contribution is 2.35. The summed E-state index contributed by atoms with van der Waals surface area (Å²) in [5.41, 5.74) is 7.03. The van der Waals surface area contributed by atoms with Crippen molar-refractivity contribution in [2.24, 2.45) is 0 Å². The summed E-state index contributed by atoms with van der Waals surface area (Å²) in [6, 6.07) is 10.6. The minimum Gasteiger partial charge on any atom is -0.496 e. The first-order chi connectivity index (χ1) is 16.5. The van der Waals surface area contributed by atoms with Gasteiger partial charge in [-0.05, 0) is 24.3 Å². The van der Waals surface area contributed by atoms with E-state index in [1.165, 1.54) is 27.4 Å². The monoisotopic (exact) mass is 467 g/mol. The minimum absolute atomic E-state index is 0.0240. The molecule has 0 atom stereocenters. The molecule has 0 bridgehead atoms. The quantitative estimate of drug-likeness (QED) is 0.336. The van der Waals surface area contributed by atoms with Crippen LogP contribution in [0.3, 0.4) is 0 Å². The van der Waals surface area contributed by atoms with E-state index in [0.29, 0.717) is 34.2 Å². The number of methoxy groups -OCH3 is 4. The van der Waals surface area contributed by atoms with Crippen molar-refractivity contribution in [2.45, 2.75) is 6.61 Å². The van der Waals surface area contributed by atoms with Crippen LogP contribution in [-0.2, 0) is 16.1 Å². The van der Waals surface area contributed by atoms with E-state index < -0.39 is 5.97 Å². The van der Waals surface area contributed by atoms with Crippen molar-refractivity contribution in [3.8, 4) is 23.0 Å². The number of rotatable bonds is 10. The topological polar surface area (TPSA) is 140 Å². The van der Waals surface area contributed by atoms with Crippen molar-refractivity contribution >= 4 is 29.6 Å². The van der Waals surface area contributed by atoms with Crippen LogP contribution in [0, 0.1) is 0 Å². The van der Waals surface area contributed by atoms with Crippen molar-refractivity contribution in [3.63, 3.8) is 0 Å². The molecule has 0 aliphatic heterocycles. The molecule has 3 rings (SSSR count). The third-order valence-corrected chi connectivity index (χ3v) is 4.53. The van der Waals surface area contributed by atoms with E-state index in [2.05, 4.69) is 20.3 Å². The summed E-state index contributed by atoms with van der Waals surface area (Å²) in [5.74, 6) is 1.82. The number of ether oxygens (including phenoxy) is 5. The zero-order valence-electron chi connectivity index (χ0n) is 19.2. The van der Waals surface area contributed by atoms with Gasteiger partial charge in [0.05, 0.1) is 34.1 Å². The maximum absolute atomic E-state index is 12.3. The van der Waals surface area contributed by atoms with Crippen molar-refractivity contribution < 1.29 is 28.5 Å². The molecule has 11 nitrogen and oxygen atoms in total. The molecule has 0 saturated heterocycles. The first kappa shape index (κ1) is 24.1. The number of nitrogen functional groups attached to an aromatic ring is 1. The second kappa shape index (κ2) is 11.4. The Kier molecular flexibility index (Phi) is 8.06. The van der Waals surface area contributed by atoms with Gasteiger partial charge in [-0.3, -0.25) is 0 Å². The summed E-state index contributed by atoms with van der Waals surface area (Å²) in [6.07, 6.45) is 2.79. The first-order valence-corrected chi connectivity index (χ1v) is 10.0. The SMILES string of the molecule is COc1cc(OC)c(OC)cc1/C=C/C(=O)OCc1nc(N)nc(Nc2ccccc2OC)n1. The number of nitrogens with one attached hydrogen (secondary N) is 1. The highest BCUT2D eigenvalue weighted by molar-refractivity contribution is 5.87. The van der Waals surface area contributed by atoms with Gasteiger partial charge in [-0.2, -0.15) is 15.0 Å². The van der Waals surface area contributed by atoms with E-state index in [4.69, 9.17) is 29.4 Å². The van der Waals surface area contributed by atoms with Gasteiger partial charge in [0.25, 0.3) is 0 Å². The van der Waals surface area contributed by atoms with Crippen LogP contribution in [0.5, 0.6) is 23.0 Å².